The number of esters is 2. The van der Waals surface area contributed by atoms with E-state index in [4.69, 9.17) is 28.4 Å². The van der Waals surface area contributed by atoms with Gasteiger partial charge in [-0.3, -0.25) is 10.1 Å². The Morgan fingerprint density at radius 3 is 1.18 bits per heavy atom. The molecule has 13 nitrogen and oxygen atoms in total. The standard InChI is InChI=1S/C74H97N3O10/c1-7-11-15-19-21-23-25-29-51-82-64-45-41-60(42-46-64)58-33-37-62(38-34-58)73(78)86-70-50-49-66(84-56(5)31-27-17-13-9-3)53-67(70)75-76-68-54-72(69(77(80)81)55-71(68)85-57(6)32-28-18-14-10-4)87-74(79)63-39-35-59(36-40-63)61-43-47-65(48-44-61)83-52-30-26-24-22-20-16-12-8-2/h33-50,53-57H,7-32,51-52H2,1-6H3/t56-,57-/m1/s1. The van der Waals surface area contributed by atoms with Gasteiger partial charge in [-0.05, 0) is 135 Å². The molecule has 0 aliphatic rings. The molecule has 0 saturated carbocycles. The van der Waals surface area contributed by atoms with Gasteiger partial charge in [-0.1, -0.05) is 205 Å². The van der Waals surface area contributed by atoms with Crippen LogP contribution in [0, 0.1) is 10.1 Å². The van der Waals surface area contributed by atoms with Crippen molar-refractivity contribution in [3.05, 3.63) is 149 Å². The van der Waals surface area contributed by atoms with E-state index in [1.807, 2.05) is 74.5 Å². The SMILES string of the molecule is CCCCCCCCCCOc1ccc(-c2ccc(C(=O)Oc3ccc(O[C@H](C)CCCCCC)cc3N=Nc3cc(OC(=O)c4ccc(-c5ccc(OCCCCCCCCCC)cc5)cc4)c([N+](=O)[O-])cc3O[C@H](C)CCCCCC)cc2)cc1. The first kappa shape index (κ1) is 68.6. The van der Waals surface area contributed by atoms with Gasteiger partial charge in [-0.25, -0.2) is 9.59 Å². The van der Waals surface area contributed by atoms with E-state index >= 15 is 0 Å². The third-order valence-electron chi connectivity index (χ3n) is 15.6. The highest BCUT2D eigenvalue weighted by Crippen LogP contribution is 2.43. The van der Waals surface area contributed by atoms with E-state index in [9.17, 15) is 19.7 Å². The Labute approximate surface area is 519 Å². The van der Waals surface area contributed by atoms with Crippen molar-refractivity contribution in [3.63, 3.8) is 0 Å². The van der Waals surface area contributed by atoms with E-state index in [1.165, 1.54) is 95.6 Å². The van der Waals surface area contributed by atoms with Crippen LogP contribution < -0.4 is 28.4 Å². The summed E-state index contributed by atoms with van der Waals surface area (Å²) in [6.45, 7) is 14.1. The van der Waals surface area contributed by atoms with E-state index < -0.39 is 22.5 Å². The number of ether oxygens (including phenoxy) is 6. The summed E-state index contributed by atoms with van der Waals surface area (Å²) in [7, 11) is 0. The number of nitro groups is 1. The molecule has 6 rings (SSSR count). The maximum atomic E-state index is 14.0. The van der Waals surface area contributed by atoms with Crippen molar-refractivity contribution in [3.8, 4) is 56.8 Å². The first-order chi connectivity index (χ1) is 42.5. The van der Waals surface area contributed by atoms with Crippen LogP contribution >= 0.6 is 0 Å². The molecule has 0 fully saturated rings. The van der Waals surface area contributed by atoms with Crippen LogP contribution in [0.4, 0.5) is 17.1 Å². The lowest BCUT2D eigenvalue weighted by atomic mass is 10.0. The molecule has 0 unspecified atom stereocenters. The second-order valence-corrected chi connectivity index (χ2v) is 23.1. The van der Waals surface area contributed by atoms with Crippen molar-refractivity contribution >= 4 is 29.0 Å². The van der Waals surface area contributed by atoms with Crippen LogP contribution in [0.1, 0.15) is 229 Å². The Morgan fingerprint density at radius 1 is 0.402 bits per heavy atom. The van der Waals surface area contributed by atoms with E-state index in [2.05, 4.69) is 37.9 Å². The lowest BCUT2D eigenvalue weighted by Gasteiger charge is -2.17. The second-order valence-electron chi connectivity index (χ2n) is 23.1. The molecule has 6 aromatic carbocycles. The summed E-state index contributed by atoms with van der Waals surface area (Å²) in [5, 5.41) is 22.0. The fourth-order valence-corrected chi connectivity index (χ4v) is 10.3. The monoisotopic (exact) mass is 1190 g/mol. The zero-order valence-electron chi connectivity index (χ0n) is 53.0. The fraction of sp³-hybridized carbons (Fsp3) is 0.486. The smallest absolute Gasteiger partial charge is 0.343 e. The first-order valence-electron chi connectivity index (χ1n) is 32.8. The molecule has 468 valence electrons. The molecule has 0 N–H and O–H groups in total. The number of rotatable bonds is 43. The van der Waals surface area contributed by atoms with Crippen LogP contribution in [0.5, 0.6) is 34.5 Å². The van der Waals surface area contributed by atoms with Gasteiger partial charge in [0.25, 0.3) is 0 Å². The third-order valence-corrected chi connectivity index (χ3v) is 15.6. The topological polar surface area (TPSA) is 157 Å². The zero-order valence-corrected chi connectivity index (χ0v) is 53.0. The third kappa shape index (κ3) is 24.6. The molecule has 87 heavy (non-hydrogen) atoms. The minimum Gasteiger partial charge on any atom is -0.494 e. The number of nitrogens with zero attached hydrogens (tertiary/aromatic N) is 3. The summed E-state index contributed by atoms with van der Waals surface area (Å²) in [4.78, 5) is 40.0. The average Bonchev–Trinajstić information content (AvgIpc) is 3.22. The quantitative estimate of drug-likeness (QED) is 0.00901. The van der Waals surface area contributed by atoms with Crippen molar-refractivity contribution in [1.29, 1.82) is 0 Å². The number of hydrogen-bond donors (Lipinski definition) is 0. The number of unbranched alkanes of at least 4 members (excludes halogenated alkanes) is 20. The first-order valence-corrected chi connectivity index (χ1v) is 32.8. The van der Waals surface area contributed by atoms with Crippen LogP contribution in [0.2, 0.25) is 0 Å². The average molecular weight is 1190 g/mol. The lowest BCUT2D eigenvalue weighted by Crippen LogP contribution is -2.13. The molecule has 0 heterocycles. The predicted octanol–water partition coefficient (Wildman–Crippen LogP) is 22.3. The highest BCUT2D eigenvalue weighted by Gasteiger charge is 2.25. The van der Waals surface area contributed by atoms with E-state index in [0.29, 0.717) is 30.9 Å². The Kier molecular flexibility index (Phi) is 31.0. The Hall–Kier alpha value is -7.54. The molecule has 0 aliphatic heterocycles. The van der Waals surface area contributed by atoms with Crippen LogP contribution in [-0.4, -0.2) is 42.3 Å². The van der Waals surface area contributed by atoms with Crippen molar-refractivity contribution in [2.75, 3.05) is 13.2 Å². The summed E-state index contributed by atoms with van der Waals surface area (Å²) < 4.78 is 36.8. The maximum Gasteiger partial charge on any atom is 0.343 e. The number of azo groups is 1. The summed E-state index contributed by atoms with van der Waals surface area (Å²) >= 11 is 0. The second kappa shape index (κ2) is 39.3. The predicted molar refractivity (Wildman–Crippen MR) is 351 cm³/mol. The maximum absolute atomic E-state index is 14.0. The van der Waals surface area contributed by atoms with Crippen molar-refractivity contribution in [2.45, 2.75) is 221 Å². The Morgan fingerprint density at radius 2 is 0.759 bits per heavy atom. The van der Waals surface area contributed by atoms with Gasteiger partial charge >= 0.3 is 17.6 Å². The highest BCUT2D eigenvalue weighted by molar-refractivity contribution is 5.93. The van der Waals surface area contributed by atoms with Gasteiger partial charge in [0, 0.05) is 12.1 Å². The lowest BCUT2D eigenvalue weighted by molar-refractivity contribution is -0.385. The molecule has 0 aromatic heterocycles. The van der Waals surface area contributed by atoms with Crippen LogP contribution in [-0.2, 0) is 0 Å². The van der Waals surface area contributed by atoms with E-state index in [0.717, 1.165) is 111 Å². The molecule has 6 aromatic rings. The molecule has 0 amide bonds. The van der Waals surface area contributed by atoms with Gasteiger partial charge in [0.1, 0.15) is 28.6 Å². The Balaban J connectivity index is 1.20. The Bertz CT molecular complexity index is 2980. The molecule has 2 atom stereocenters. The minimum absolute atomic E-state index is 0.0518. The van der Waals surface area contributed by atoms with Crippen molar-refractivity contribution in [2.24, 2.45) is 10.2 Å². The van der Waals surface area contributed by atoms with Gasteiger partial charge in [0.05, 0.1) is 47.5 Å². The molecule has 13 heteroatoms. The normalized spacial score (nSPS) is 12.0. The van der Waals surface area contributed by atoms with Gasteiger partial charge < -0.3 is 28.4 Å². The molecule has 0 aliphatic carbocycles. The summed E-state index contributed by atoms with van der Waals surface area (Å²) in [6.07, 6.45) is 29.3. The molecular weight excluding hydrogens is 1090 g/mol. The minimum atomic E-state index is -0.807. The van der Waals surface area contributed by atoms with Crippen LogP contribution in [0.15, 0.2) is 138 Å². The summed E-state index contributed by atoms with van der Waals surface area (Å²) in [5.74, 6) is 0.495. The highest BCUT2D eigenvalue weighted by atomic mass is 16.6. The van der Waals surface area contributed by atoms with Gasteiger partial charge in [0.15, 0.2) is 11.5 Å². The number of carbonyl (C=O) groups excluding carboxylic acids is 2. The zero-order chi connectivity index (χ0) is 61.9. The molecule has 0 spiro atoms. The number of hydrogen-bond acceptors (Lipinski definition) is 12. The van der Waals surface area contributed by atoms with Crippen LogP contribution in [0.3, 0.4) is 0 Å². The van der Waals surface area contributed by atoms with E-state index in [1.54, 1.807) is 54.6 Å². The molecule has 0 bridgehead atoms. The number of carbonyl (C=O) groups is 2. The molecule has 0 saturated heterocycles. The summed E-state index contributed by atoms with van der Waals surface area (Å²) in [6, 6.07) is 37.4. The number of nitro benzene ring substituents is 1. The number of benzene rings is 6. The van der Waals surface area contributed by atoms with Crippen LogP contribution in [0.25, 0.3) is 22.3 Å². The van der Waals surface area contributed by atoms with Gasteiger partial charge in [0.2, 0.25) is 5.75 Å². The summed E-state index contributed by atoms with van der Waals surface area (Å²) in [5.41, 5.74) is 3.92. The van der Waals surface area contributed by atoms with Gasteiger partial charge in [-0.15, -0.1) is 10.2 Å². The van der Waals surface area contributed by atoms with Gasteiger partial charge in [-0.2, -0.15) is 0 Å². The van der Waals surface area contributed by atoms with Crippen molar-refractivity contribution < 1.29 is 42.9 Å². The van der Waals surface area contributed by atoms with Crippen molar-refractivity contribution in [1.82, 2.24) is 0 Å². The fourth-order valence-electron chi connectivity index (χ4n) is 10.3. The molecule has 0 radical (unpaired) electrons. The molecular formula is C74H97N3O10. The van der Waals surface area contributed by atoms with E-state index in [-0.39, 0.29) is 46.4 Å². The largest absolute Gasteiger partial charge is 0.494 e.